The number of fused-ring (bicyclic) bond motifs is 1. The fourth-order valence-electron chi connectivity index (χ4n) is 2.91. The number of hydrogen-bond donors (Lipinski definition) is 10. The maximum atomic E-state index is 12.1. The molecule has 2 aliphatic rings. The zero-order valence-electron chi connectivity index (χ0n) is 10.6. The smallest absolute Gasteiger partial charge is 0.252 e. The van der Waals surface area contributed by atoms with Gasteiger partial charge in [0.1, 0.15) is 22.5 Å². The predicted molar refractivity (Wildman–Crippen MR) is 68.3 cm³/mol. The van der Waals surface area contributed by atoms with Gasteiger partial charge >= 0.3 is 0 Å². The summed E-state index contributed by atoms with van der Waals surface area (Å²) in [6.45, 7) is 0. The number of carbonyl (C=O) groups excluding carboxylic acids is 2. The van der Waals surface area contributed by atoms with Crippen LogP contribution in [0.5, 0.6) is 0 Å². The molecule has 2 fully saturated rings. The van der Waals surface area contributed by atoms with Gasteiger partial charge in [-0.2, -0.15) is 0 Å². The fraction of sp³-hybridized carbons (Fsp3) is 0.750. The van der Waals surface area contributed by atoms with Gasteiger partial charge in [-0.25, -0.2) is 0 Å². The van der Waals surface area contributed by atoms with Crippen LogP contribution in [0.1, 0.15) is 0 Å². The van der Waals surface area contributed by atoms with Gasteiger partial charge in [0.05, 0.1) is 6.04 Å². The number of amides is 2. The molecule has 3 atom stereocenters. The third-order valence-electron chi connectivity index (χ3n) is 4.67. The molecule has 12 nitrogen and oxygen atoms in total. The van der Waals surface area contributed by atoms with Gasteiger partial charge in [0, 0.05) is 0 Å². The van der Waals surface area contributed by atoms with Gasteiger partial charge in [0.25, 0.3) is 11.8 Å². The van der Waals surface area contributed by atoms with Gasteiger partial charge in [-0.15, -0.1) is 0 Å². The quantitative estimate of drug-likeness (QED) is 0.147. The minimum atomic E-state index is -2.41. The van der Waals surface area contributed by atoms with E-state index in [0.717, 1.165) is 0 Å². The lowest BCUT2D eigenvalue weighted by molar-refractivity contribution is -0.139. The van der Waals surface area contributed by atoms with Gasteiger partial charge in [-0.1, -0.05) is 0 Å². The molecule has 2 amide bonds. The van der Waals surface area contributed by atoms with Crippen molar-refractivity contribution in [3.63, 3.8) is 0 Å². The van der Waals surface area contributed by atoms with Gasteiger partial charge in [-0.05, 0) is 0 Å². The minimum absolute atomic E-state index is 1.01. The Labute approximate surface area is 113 Å². The molecular formula is C8H20N10O2. The van der Waals surface area contributed by atoms with E-state index < -0.39 is 45.9 Å². The van der Waals surface area contributed by atoms with Crippen molar-refractivity contribution in [3.05, 3.63) is 0 Å². The van der Waals surface area contributed by atoms with Crippen molar-refractivity contribution >= 4 is 11.8 Å². The van der Waals surface area contributed by atoms with Crippen molar-refractivity contribution in [2.24, 2.45) is 51.6 Å². The largest absolute Gasteiger partial charge is 0.323 e. The molecule has 1 saturated heterocycles. The molecule has 0 spiro atoms. The molecule has 0 aromatic rings. The van der Waals surface area contributed by atoms with Crippen LogP contribution in [0.3, 0.4) is 0 Å². The summed E-state index contributed by atoms with van der Waals surface area (Å²) in [6, 6.07) is -1.58. The highest BCUT2D eigenvalue weighted by atomic mass is 16.2. The number of nitrogens with two attached hydrogens (primary N) is 9. The minimum Gasteiger partial charge on any atom is -0.323 e. The molecule has 0 radical (unpaired) electrons. The topological polar surface area (TPSA) is 280 Å². The molecule has 0 aromatic carbocycles. The van der Waals surface area contributed by atoms with Gasteiger partial charge in [0.15, 0.2) is 5.54 Å². The number of rotatable bonds is 0. The van der Waals surface area contributed by atoms with E-state index in [-0.39, 0.29) is 0 Å². The third kappa shape index (κ3) is 1.06. The van der Waals surface area contributed by atoms with E-state index >= 15 is 0 Å². The standard InChI is InChI=1S/C8H20N10O2/c9-1-4(10)2(19)18-3(20)5(4,11)7(14,15)8(16,17)6(1,12)13/h1H,9-17H2,(H,18,19,20). The van der Waals surface area contributed by atoms with Crippen LogP contribution in [0.15, 0.2) is 0 Å². The van der Waals surface area contributed by atoms with E-state index in [0.29, 0.717) is 0 Å². The molecule has 1 saturated carbocycles. The molecule has 114 valence electrons. The molecule has 1 aliphatic carbocycles. The first-order chi connectivity index (χ1) is 8.70. The van der Waals surface area contributed by atoms with Crippen molar-refractivity contribution in [1.82, 2.24) is 5.32 Å². The lowest BCUT2D eigenvalue weighted by Crippen LogP contribution is -3.08. The second-order valence-electron chi connectivity index (χ2n) is 5.61. The van der Waals surface area contributed by atoms with E-state index in [2.05, 4.69) is 0 Å². The summed E-state index contributed by atoms with van der Waals surface area (Å²) in [5.74, 6) is -2.06. The highest BCUT2D eigenvalue weighted by Crippen LogP contribution is 2.44. The van der Waals surface area contributed by atoms with Crippen molar-refractivity contribution in [1.29, 1.82) is 0 Å². The second-order valence-corrected chi connectivity index (χ2v) is 5.61. The summed E-state index contributed by atoms with van der Waals surface area (Å²) in [5.41, 5.74) is 41.1. The lowest BCUT2D eigenvalue weighted by Gasteiger charge is -2.65. The molecule has 1 heterocycles. The first-order valence-corrected chi connectivity index (χ1v) is 5.63. The molecule has 12 heteroatoms. The number of nitrogens with one attached hydrogen (secondary N) is 1. The van der Waals surface area contributed by atoms with Crippen LogP contribution in [-0.2, 0) is 9.59 Å². The Morgan fingerprint density at radius 2 is 1.25 bits per heavy atom. The molecule has 0 aromatic heterocycles. The summed E-state index contributed by atoms with van der Waals surface area (Å²) in [6.07, 6.45) is 0. The number of imide groups is 1. The Hall–Kier alpha value is -1.22. The highest BCUT2D eigenvalue weighted by molar-refractivity contribution is 6.16. The fourth-order valence-corrected chi connectivity index (χ4v) is 2.91. The van der Waals surface area contributed by atoms with Crippen LogP contribution in [0.25, 0.3) is 0 Å². The van der Waals surface area contributed by atoms with Gasteiger partial charge < -0.3 is 51.6 Å². The summed E-state index contributed by atoms with van der Waals surface area (Å²) < 4.78 is 0. The van der Waals surface area contributed by atoms with Crippen molar-refractivity contribution in [3.8, 4) is 0 Å². The highest BCUT2D eigenvalue weighted by Gasteiger charge is 2.83. The molecule has 1 aliphatic heterocycles. The monoisotopic (exact) mass is 288 g/mol. The maximum Gasteiger partial charge on any atom is 0.252 e. The molecule has 19 N–H and O–H groups in total. The third-order valence-corrected chi connectivity index (χ3v) is 4.67. The van der Waals surface area contributed by atoms with E-state index in [9.17, 15) is 9.59 Å². The van der Waals surface area contributed by atoms with E-state index in [4.69, 9.17) is 51.6 Å². The average Bonchev–Trinajstić information content (AvgIpc) is 2.49. The maximum absolute atomic E-state index is 12.1. The Morgan fingerprint density at radius 3 is 1.70 bits per heavy atom. The zero-order valence-corrected chi connectivity index (χ0v) is 10.6. The van der Waals surface area contributed by atoms with Gasteiger partial charge in [0.2, 0.25) is 0 Å². The Bertz CT molecular complexity index is 515. The van der Waals surface area contributed by atoms with Crippen LogP contribution in [0.2, 0.25) is 0 Å². The Kier molecular flexibility index (Phi) is 2.53. The SMILES string of the molecule is NC1C(N)(N)C(N)(N)C(N)(N)C2(N)C(=O)NC(=O)C12N. The van der Waals surface area contributed by atoms with Crippen molar-refractivity contribution in [2.45, 2.75) is 34.1 Å². The van der Waals surface area contributed by atoms with Crippen LogP contribution >= 0.6 is 0 Å². The predicted octanol–water partition coefficient (Wildman–Crippen LogP) is -7.78. The van der Waals surface area contributed by atoms with Gasteiger partial charge in [-0.3, -0.25) is 14.9 Å². The second kappa shape index (κ2) is 3.33. The molecule has 0 bridgehead atoms. The van der Waals surface area contributed by atoms with Crippen LogP contribution in [0, 0.1) is 0 Å². The molecule has 20 heavy (non-hydrogen) atoms. The van der Waals surface area contributed by atoms with Crippen LogP contribution in [0.4, 0.5) is 0 Å². The summed E-state index contributed by atoms with van der Waals surface area (Å²) in [7, 11) is 0. The first kappa shape index (κ1) is 15.2. The lowest BCUT2D eigenvalue weighted by atomic mass is 9.53. The summed E-state index contributed by atoms with van der Waals surface area (Å²) >= 11 is 0. The summed E-state index contributed by atoms with van der Waals surface area (Å²) in [5, 5.41) is 1.91. The van der Waals surface area contributed by atoms with Crippen molar-refractivity contribution in [2.75, 3.05) is 0 Å². The molecule has 2 rings (SSSR count). The summed E-state index contributed by atoms with van der Waals surface area (Å²) in [4.78, 5) is 24.1. The Balaban J connectivity index is 2.86. The van der Waals surface area contributed by atoms with E-state index in [1.54, 1.807) is 0 Å². The van der Waals surface area contributed by atoms with Crippen LogP contribution in [-0.4, -0.2) is 45.9 Å². The number of hydrogen-bond acceptors (Lipinski definition) is 11. The van der Waals surface area contributed by atoms with E-state index in [1.165, 1.54) is 0 Å². The average molecular weight is 288 g/mol. The number of carbonyl (C=O) groups is 2. The molecule has 3 unspecified atom stereocenters. The van der Waals surface area contributed by atoms with E-state index in [1.807, 2.05) is 5.32 Å². The zero-order chi connectivity index (χ0) is 15.9. The Morgan fingerprint density at radius 1 is 0.800 bits per heavy atom. The normalized spacial score (nSPS) is 45.0. The van der Waals surface area contributed by atoms with Crippen molar-refractivity contribution < 1.29 is 9.59 Å². The van der Waals surface area contributed by atoms with Crippen LogP contribution < -0.4 is 56.9 Å². The molecular weight excluding hydrogens is 268 g/mol. The first-order valence-electron chi connectivity index (χ1n) is 5.63.